The molecule has 0 atom stereocenters. The number of carbonyl (C=O) groups is 1. The molecule has 2 aromatic carbocycles. The Bertz CT molecular complexity index is 1050. The van der Waals surface area contributed by atoms with Crippen LogP contribution in [0.1, 0.15) is 97.4 Å². The van der Waals surface area contributed by atoms with Crippen molar-refractivity contribution in [3.05, 3.63) is 58.7 Å². The van der Waals surface area contributed by atoms with Gasteiger partial charge in [-0.15, -0.1) is 0 Å². The standard InChI is InChI=1S/C31H48B2O3/c1-12-31(13-2,24-15-17-26(22(4)19-24)35-20-27(34)28(5,6)7)23-14-16-25(21(3)18-23)33-36-30(10,11)29(8,9)32/h14-19,33H,12-13,20,32H2,1-11H3. The third-order valence-corrected chi connectivity index (χ3v) is 8.42. The van der Waals surface area contributed by atoms with Crippen molar-refractivity contribution in [2.45, 2.75) is 105 Å². The molecule has 0 saturated heterocycles. The Hall–Kier alpha value is -2.00. The van der Waals surface area contributed by atoms with Gasteiger partial charge in [0.1, 0.15) is 20.2 Å². The number of hydrogen-bond donors (Lipinski definition) is 0. The second-order valence-electron chi connectivity index (χ2n) is 12.9. The summed E-state index contributed by atoms with van der Waals surface area (Å²) in [7, 11) is 2.83. The molecule has 0 bridgehead atoms. The molecule has 0 heterocycles. The van der Waals surface area contributed by atoms with Gasteiger partial charge in [-0.1, -0.05) is 84.4 Å². The highest BCUT2D eigenvalue weighted by Crippen LogP contribution is 2.41. The molecule has 0 unspecified atom stereocenters. The van der Waals surface area contributed by atoms with Crippen LogP contribution in [0, 0.1) is 19.3 Å². The van der Waals surface area contributed by atoms with Crippen molar-refractivity contribution in [2.75, 3.05) is 6.61 Å². The van der Waals surface area contributed by atoms with Gasteiger partial charge < -0.3 is 9.39 Å². The molecule has 0 aliphatic heterocycles. The minimum atomic E-state index is -0.398. The number of hydrogen-bond acceptors (Lipinski definition) is 3. The van der Waals surface area contributed by atoms with E-state index < -0.39 is 5.41 Å². The Morgan fingerprint density at radius 2 is 1.39 bits per heavy atom. The monoisotopic (exact) mass is 490 g/mol. The third kappa shape index (κ3) is 6.65. The van der Waals surface area contributed by atoms with Gasteiger partial charge in [0.15, 0.2) is 5.78 Å². The van der Waals surface area contributed by atoms with E-state index in [2.05, 4.69) is 93.6 Å². The molecule has 2 rings (SSSR count). The van der Waals surface area contributed by atoms with E-state index >= 15 is 0 Å². The fourth-order valence-electron chi connectivity index (χ4n) is 4.33. The molecule has 36 heavy (non-hydrogen) atoms. The van der Waals surface area contributed by atoms with Crippen LogP contribution in [-0.2, 0) is 14.9 Å². The van der Waals surface area contributed by atoms with Gasteiger partial charge in [-0.2, -0.15) is 0 Å². The second-order valence-corrected chi connectivity index (χ2v) is 12.9. The fraction of sp³-hybridized carbons (Fsp3) is 0.581. The Morgan fingerprint density at radius 3 is 1.83 bits per heavy atom. The van der Waals surface area contributed by atoms with E-state index in [4.69, 9.17) is 9.39 Å². The Kier molecular flexibility index (Phi) is 9.38. The molecule has 5 heteroatoms. The molecular weight excluding hydrogens is 442 g/mol. The van der Waals surface area contributed by atoms with Crippen molar-refractivity contribution in [3.63, 3.8) is 0 Å². The summed E-state index contributed by atoms with van der Waals surface area (Å²) in [5, 5.41) is 0.0637. The van der Waals surface area contributed by atoms with E-state index in [1.54, 1.807) is 0 Å². The average Bonchev–Trinajstić information content (AvgIpc) is 2.77. The third-order valence-electron chi connectivity index (χ3n) is 8.42. The second kappa shape index (κ2) is 11.2. The van der Waals surface area contributed by atoms with Crippen molar-refractivity contribution >= 4 is 26.6 Å². The average molecular weight is 490 g/mol. The molecule has 0 aliphatic carbocycles. The molecule has 0 aromatic heterocycles. The molecule has 0 saturated carbocycles. The van der Waals surface area contributed by atoms with Crippen molar-refractivity contribution in [3.8, 4) is 5.75 Å². The zero-order chi connectivity index (χ0) is 27.5. The summed E-state index contributed by atoms with van der Waals surface area (Å²) in [5.74, 6) is 0.885. The minimum absolute atomic E-state index is 0.0637. The SMILES string of the molecule is BC(C)(C)C(C)(C)OBc1ccc(C(CC)(CC)c2ccc(OCC(=O)C(C)(C)C)c(C)c2)cc1C. The van der Waals surface area contributed by atoms with Gasteiger partial charge in [-0.3, -0.25) is 4.79 Å². The zero-order valence-corrected chi connectivity index (χ0v) is 25.0. The van der Waals surface area contributed by atoms with Gasteiger partial charge in [0.2, 0.25) is 0 Å². The van der Waals surface area contributed by atoms with Gasteiger partial charge >= 0.3 is 7.48 Å². The summed E-state index contributed by atoms with van der Waals surface area (Å²) in [6, 6.07) is 13.3. The first-order chi connectivity index (χ1) is 16.5. The first kappa shape index (κ1) is 30.2. The van der Waals surface area contributed by atoms with Gasteiger partial charge in [-0.05, 0) is 74.1 Å². The quantitative estimate of drug-likeness (QED) is 0.362. The topological polar surface area (TPSA) is 35.5 Å². The lowest BCUT2D eigenvalue weighted by atomic mass is 9.61. The molecule has 196 valence electrons. The van der Waals surface area contributed by atoms with Gasteiger partial charge in [-0.25, -0.2) is 0 Å². The van der Waals surface area contributed by atoms with Crippen molar-refractivity contribution in [1.82, 2.24) is 0 Å². The number of Topliss-reactive ketones (excluding diaryl/α,β-unsaturated/α-hetero) is 1. The maximum Gasteiger partial charge on any atom is 0.309 e. The van der Waals surface area contributed by atoms with Gasteiger partial charge in [0.25, 0.3) is 0 Å². The van der Waals surface area contributed by atoms with E-state index in [0.717, 1.165) is 24.2 Å². The van der Waals surface area contributed by atoms with Gasteiger partial charge in [0, 0.05) is 16.4 Å². The molecule has 0 fully saturated rings. The molecule has 0 N–H and O–H groups in total. The van der Waals surface area contributed by atoms with Gasteiger partial charge in [0.05, 0.1) is 0 Å². The lowest BCUT2D eigenvalue weighted by molar-refractivity contribution is -0.128. The summed E-state index contributed by atoms with van der Waals surface area (Å²) in [6.45, 7) is 23.5. The lowest BCUT2D eigenvalue weighted by Gasteiger charge is -2.39. The summed E-state index contributed by atoms with van der Waals surface area (Å²) in [6.07, 6.45) is 2.00. The first-order valence-electron chi connectivity index (χ1n) is 13.5. The first-order valence-corrected chi connectivity index (χ1v) is 13.5. The van der Waals surface area contributed by atoms with Crippen LogP contribution in [0.25, 0.3) is 0 Å². The number of ketones is 1. The van der Waals surface area contributed by atoms with E-state index in [0.29, 0.717) is 7.48 Å². The number of carbonyl (C=O) groups excluding carboxylic acids is 1. The Labute approximate surface area is 222 Å². The van der Waals surface area contributed by atoms with Crippen LogP contribution in [0.3, 0.4) is 0 Å². The lowest BCUT2D eigenvalue weighted by Crippen LogP contribution is -2.41. The molecular formula is C31H48B2O3. The van der Waals surface area contributed by atoms with Crippen LogP contribution in [0.5, 0.6) is 5.75 Å². The summed E-state index contributed by atoms with van der Waals surface area (Å²) >= 11 is 0. The van der Waals surface area contributed by atoms with Crippen molar-refractivity contribution < 1.29 is 14.2 Å². The molecule has 3 nitrogen and oxygen atoms in total. The van der Waals surface area contributed by atoms with E-state index in [9.17, 15) is 4.79 Å². The van der Waals surface area contributed by atoms with E-state index in [1.165, 1.54) is 22.2 Å². The fourth-order valence-corrected chi connectivity index (χ4v) is 4.33. The predicted octanol–water partition coefficient (Wildman–Crippen LogP) is 6.01. The Morgan fingerprint density at radius 1 is 0.861 bits per heavy atom. The number of ether oxygens (including phenoxy) is 1. The molecule has 0 aliphatic rings. The predicted molar refractivity (Wildman–Crippen MR) is 158 cm³/mol. The Balaban J connectivity index is 2.33. The molecule has 2 aromatic rings. The van der Waals surface area contributed by atoms with Crippen LogP contribution < -0.4 is 10.2 Å². The number of benzene rings is 2. The van der Waals surface area contributed by atoms with Crippen molar-refractivity contribution in [1.29, 1.82) is 0 Å². The summed E-state index contributed by atoms with van der Waals surface area (Å²) in [5.41, 5.74) is 5.49. The number of aryl methyl sites for hydroxylation is 2. The highest BCUT2D eigenvalue weighted by molar-refractivity contribution is 6.47. The largest absolute Gasteiger partial charge is 0.486 e. The molecule has 0 spiro atoms. The number of rotatable bonds is 11. The van der Waals surface area contributed by atoms with E-state index in [1.807, 2.05) is 26.8 Å². The van der Waals surface area contributed by atoms with Crippen LogP contribution >= 0.6 is 0 Å². The highest BCUT2D eigenvalue weighted by atomic mass is 16.5. The smallest absolute Gasteiger partial charge is 0.309 e. The molecule has 0 amide bonds. The maximum absolute atomic E-state index is 12.3. The summed E-state index contributed by atoms with van der Waals surface area (Å²) < 4.78 is 12.3. The highest BCUT2D eigenvalue weighted by Gasteiger charge is 2.34. The normalized spacial score (nSPS) is 13.0. The van der Waals surface area contributed by atoms with E-state index in [-0.39, 0.29) is 28.7 Å². The molecule has 0 radical (unpaired) electrons. The van der Waals surface area contributed by atoms with Crippen LogP contribution in [0.15, 0.2) is 36.4 Å². The minimum Gasteiger partial charge on any atom is -0.486 e. The van der Waals surface area contributed by atoms with Crippen LogP contribution in [0.2, 0.25) is 5.31 Å². The maximum atomic E-state index is 12.3. The van der Waals surface area contributed by atoms with Crippen LogP contribution in [-0.4, -0.2) is 33.3 Å². The van der Waals surface area contributed by atoms with Crippen LogP contribution in [0.4, 0.5) is 0 Å². The summed E-state index contributed by atoms with van der Waals surface area (Å²) in [4.78, 5) is 12.3. The zero-order valence-electron chi connectivity index (χ0n) is 25.0. The van der Waals surface area contributed by atoms with Crippen molar-refractivity contribution in [2.24, 2.45) is 5.41 Å².